The Morgan fingerprint density at radius 2 is 1.85 bits per heavy atom. The molecule has 0 spiro atoms. The van der Waals surface area contributed by atoms with Crippen molar-refractivity contribution in [2.45, 2.75) is 46.1 Å². The zero-order chi connectivity index (χ0) is 18.4. The van der Waals surface area contributed by atoms with Crippen LogP contribution in [0.4, 0.5) is 5.69 Å². The van der Waals surface area contributed by atoms with E-state index in [1.54, 1.807) is 17.5 Å². The molecule has 0 saturated heterocycles. The Morgan fingerprint density at radius 1 is 1.04 bits per heavy atom. The highest BCUT2D eigenvalue weighted by atomic mass is 32.1. The molecule has 0 amide bonds. The molecule has 0 radical (unpaired) electrons. The highest BCUT2D eigenvalue weighted by Crippen LogP contribution is 2.26. The van der Waals surface area contributed by atoms with Crippen molar-refractivity contribution in [2.75, 3.05) is 0 Å². The van der Waals surface area contributed by atoms with Crippen LogP contribution in [0.5, 0.6) is 0 Å². The lowest BCUT2D eigenvalue weighted by molar-refractivity contribution is 0.444. The summed E-state index contributed by atoms with van der Waals surface area (Å²) in [5.74, 6) is 0.753. The van der Waals surface area contributed by atoms with E-state index in [9.17, 15) is 0 Å². The van der Waals surface area contributed by atoms with E-state index in [1.165, 1.54) is 24.1 Å². The van der Waals surface area contributed by atoms with Gasteiger partial charge in [0.25, 0.3) is 0 Å². The highest BCUT2D eigenvalue weighted by Gasteiger charge is 2.14. The Bertz CT molecular complexity index is 863. The SMILES string of the molecule is CC(C)CCCC(C)n1c(-c2ccccc2)csc1=Nc1cccnc1. The average Bonchev–Trinajstić information content (AvgIpc) is 3.06. The maximum absolute atomic E-state index is 4.87. The Labute approximate surface area is 160 Å². The number of rotatable bonds is 7. The van der Waals surface area contributed by atoms with Crippen molar-refractivity contribution in [2.24, 2.45) is 10.9 Å². The second kappa shape index (κ2) is 8.95. The van der Waals surface area contributed by atoms with Crippen molar-refractivity contribution >= 4 is 17.0 Å². The molecule has 0 fully saturated rings. The van der Waals surface area contributed by atoms with Crippen LogP contribution in [0.2, 0.25) is 0 Å². The lowest BCUT2D eigenvalue weighted by Crippen LogP contribution is -2.20. The Balaban J connectivity index is 2.00. The van der Waals surface area contributed by atoms with Crippen LogP contribution in [0, 0.1) is 5.92 Å². The van der Waals surface area contributed by atoms with E-state index >= 15 is 0 Å². The molecule has 0 saturated carbocycles. The third-order valence-electron chi connectivity index (χ3n) is 4.53. The van der Waals surface area contributed by atoms with E-state index in [1.807, 2.05) is 18.3 Å². The fourth-order valence-electron chi connectivity index (χ4n) is 3.13. The van der Waals surface area contributed by atoms with Crippen LogP contribution in [0.15, 0.2) is 65.2 Å². The number of hydrogen-bond acceptors (Lipinski definition) is 3. The minimum absolute atomic E-state index is 0.408. The predicted octanol–water partition coefficient (Wildman–Crippen LogP) is 6.23. The van der Waals surface area contributed by atoms with Gasteiger partial charge in [-0.05, 0) is 37.0 Å². The predicted molar refractivity (Wildman–Crippen MR) is 111 cm³/mol. The second-order valence-corrected chi connectivity index (χ2v) is 7.97. The molecule has 3 nitrogen and oxygen atoms in total. The first kappa shape index (κ1) is 18.6. The van der Waals surface area contributed by atoms with Gasteiger partial charge in [0.15, 0.2) is 4.80 Å². The molecule has 2 aromatic heterocycles. The van der Waals surface area contributed by atoms with Crippen LogP contribution in [-0.2, 0) is 0 Å². The fourth-order valence-corrected chi connectivity index (χ4v) is 4.14. The van der Waals surface area contributed by atoms with Crippen molar-refractivity contribution in [3.63, 3.8) is 0 Å². The third kappa shape index (κ3) is 4.70. The largest absolute Gasteiger partial charge is 0.314 e. The van der Waals surface area contributed by atoms with Crippen LogP contribution < -0.4 is 4.80 Å². The standard InChI is InChI=1S/C22H27N3S/c1-17(2)9-7-10-18(3)25-21(19-11-5-4-6-12-19)16-26-22(25)24-20-13-8-14-23-15-20/h4-6,8,11-18H,7,9-10H2,1-3H3. The van der Waals surface area contributed by atoms with Gasteiger partial charge in [-0.1, -0.05) is 57.0 Å². The number of nitrogens with zero attached hydrogens (tertiary/aromatic N) is 3. The van der Waals surface area contributed by atoms with E-state index in [0.29, 0.717) is 6.04 Å². The molecule has 3 aromatic rings. The summed E-state index contributed by atoms with van der Waals surface area (Å²) in [7, 11) is 0. The number of benzene rings is 1. The molecule has 3 rings (SSSR count). The summed E-state index contributed by atoms with van der Waals surface area (Å²) in [5.41, 5.74) is 3.39. The van der Waals surface area contributed by atoms with Gasteiger partial charge < -0.3 is 4.57 Å². The second-order valence-electron chi connectivity index (χ2n) is 7.14. The van der Waals surface area contributed by atoms with Crippen LogP contribution in [-0.4, -0.2) is 9.55 Å². The maximum atomic E-state index is 4.87. The van der Waals surface area contributed by atoms with Gasteiger partial charge in [-0.25, -0.2) is 4.99 Å². The van der Waals surface area contributed by atoms with Gasteiger partial charge in [-0.2, -0.15) is 0 Å². The van der Waals surface area contributed by atoms with Gasteiger partial charge in [-0.3, -0.25) is 4.98 Å². The van der Waals surface area contributed by atoms with Gasteiger partial charge in [-0.15, -0.1) is 11.3 Å². The molecule has 0 aliphatic heterocycles. The summed E-state index contributed by atoms with van der Waals surface area (Å²) in [4.78, 5) is 10.1. The molecule has 1 aromatic carbocycles. The van der Waals surface area contributed by atoms with E-state index in [2.05, 4.69) is 66.0 Å². The first-order valence-electron chi connectivity index (χ1n) is 9.35. The minimum atomic E-state index is 0.408. The molecular formula is C22H27N3S. The monoisotopic (exact) mass is 365 g/mol. The smallest absolute Gasteiger partial charge is 0.190 e. The van der Waals surface area contributed by atoms with Crippen molar-refractivity contribution in [3.05, 3.63) is 65.0 Å². The van der Waals surface area contributed by atoms with E-state index in [-0.39, 0.29) is 0 Å². The van der Waals surface area contributed by atoms with Gasteiger partial charge in [0.05, 0.1) is 17.6 Å². The molecule has 0 aliphatic carbocycles. The van der Waals surface area contributed by atoms with E-state index in [4.69, 9.17) is 4.99 Å². The van der Waals surface area contributed by atoms with Crippen LogP contribution >= 0.6 is 11.3 Å². The van der Waals surface area contributed by atoms with E-state index < -0.39 is 0 Å². The van der Waals surface area contributed by atoms with Crippen molar-refractivity contribution < 1.29 is 0 Å². The number of aromatic nitrogens is 2. The molecule has 0 aliphatic rings. The maximum Gasteiger partial charge on any atom is 0.190 e. The Kier molecular flexibility index (Phi) is 6.40. The van der Waals surface area contributed by atoms with Gasteiger partial charge in [0.2, 0.25) is 0 Å². The molecule has 136 valence electrons. The molecular weight excluding hydrogens is 338 g/mol. The van der Waals surface area contributed by atoms with Crippen molar-refractivity contribution in [1.82, 2.24) is 9.55 Å². The molecule has 1 atom stereocenters. The number of hydrogen-bond donors (Lipinski definition) is 0. The molecule has 26 heavy (non-hydrogen) atoms. The van der Waals surface area contributed by atoms with Crippen molar-refractivity contribution in [1.29, 1.82) is 0 Å². The lowest BCUT2D eigenvalue weighted by Gasteiger charge is -2.18. The summed E-state index contributed by atoms with van der Waals surface area (Å²) in [6, 6.07) is 14.9. The summed E-state index contributed by atoms with van der Waals surface area (Å²) in [6.07, 6.45) is 7.27. The van der Waals surface area contributed by atoms with Crippen LogP contribution in [0.1, 0.15) is 46.1 Å². The minimum Gasteiger partial charge on any atom is -0.314 e. The number of thiazole rings is 1. The fraction of sp³-hybridized carbons (Fsp3) is 0.364. The zero-order valence-corrected chi connectivity index (χ0v) is 16.6. The van der Waals surface area contributed by atoms with E-state index in [0.717, 1.165) is 22.8 Å². The third-order valence-corrected chi connectivity index (χ3v) is 5.37. The first-order chi connectivity index (χ1) is 12.6. The molecule has 1 unspecified atom stereocenters. The molecule has 0 bridgehead atoms. The Hall–Kier alpha value is -2.20. The quantitative estimate of drug-likeness (QED) is 0.488. The Morgan fingerprint density at radius 3 is 2.54 bits per heavy atom. The zero-order valence-electron chi connectivity index (χ0n) is 15.8. The normalized spacial score (nSPS) is 13.3. The van der Waals surface area contributed by atoms with Crippen LogP contribution in [0.3, 0.4) is 0 Å². The summed E-state index contributed by atoms with van der Waals surface area (Å²) in [5, 5.41) is 2.23. The molecule has 0 N–H and O–H groups in total. The average molecular weight is 366 g/mol. The topological polar surface area (TPSA) is 30.2 Å². The number of pyridine rings is 1. The van der Waals surface area contributed by atoms with Crippen LogP contribution in [0.25, 0.3) is 11.3 Å². The molecule has 2 heterocycles. The van der Waals surface area contributed by atoms with Gasteiger partial charge in [0.1, 0.15) is 0 Å². The first-order valence-corrected chi connectivity index (χ1v) is 10.2. The van der Waals surface area contributed by atoms with Gasteiger partial charge >= 0.3 is 0 Å². The van der Waals surface area contributed by atoms with Crippen molar-refractivity contribution in [3.8, 4) is 11.3 Å². The summed E-state index contributed by atoms with van der Waals surface area (Å²) in [6.45, 7) is 6.89. The van der Waals surface area contributed by atoms with Gasteiger partial charge in [0, 0.05) is 17.6 Å². The summed E-state index contributed by atoms with van der Waals surface area (Å²) < 4.78 is 2.40. The molecule has 4 heteroatoms. The lowest BCUT2D eigenvalue weighted by atomic mass is 10.0. The summed E-state index contributed by atoms with van der Waals surface area (Å²) >= 11 is 1.70. The highest BCUT2D eigenvalue weighted by molar-refractivity contribution is 7.07.